The second-order valence-electron chi connectivity index (χ2n) is 3.89. The number of likely N-dealkylation sites (N-methyl/N-ethyl adjacent to an activating group) is 1. The van der Waals surface area contributed by atoms with E-state index in [9.17, 15) is 4.79 Å². The molecule has 5 heteroatoms. The maximum absolute atomic E-state index is 11.6. The Kier molecular flexibility index (Phi) is 4.30. The monoisotopic (exact) mass is 261 g/mol. The van der Waals surface area contributed by atoms with Gasteiger partial charge in [-0.3, -0.25) is 4.79 Å². The van der Waals surface area contributed by atoms with Crippen molar-refractivity contribution in [2.45, 2.75) is 0 Å². The Bertz CT molecular complexity index is 484. The van der Waals surface area contributed by atoms with Crippen molar-refractivity contribution in [1.82, 2.24) is 10.3 Å². The number of benzene rings is 1. The number of rotatable bonds is 5. The van der Waals surface area contributed by atoms with Gasteiger partial charge < -0.3 is 10.2 Å². The molecule has 0 aliphatic rings. The summed E-state index contributed by atoms with van der Waals surface area (Å²) in [5.74, 6) is -0.113. The summed E-state index contributed by atoms with van der Waals surface area (Å²) in [6.07, 6.45) is 0. The molecule has 1 aromatic carbocycles. The molecule has 1 N–H and O–H groups in total. The van der Waals surface area contributed by atoms with E-state index in [1.807, 2.05) is 37.4 Å². The molecule has 0 saturated carbocycles. The van der Waals surface area contributed by atoms with Gasteiger partial charge in [0.15, 0.2) is 0 Å². The highest BCUT2D eigenvalue weighted by molar-refractivity contribution is 7.07. The van der Waals surface area contributed by atoms with Crippen LogP contribution in [0.25, 0.3) is 0 Å². The molecule has 0 unspecified atom stereocenters. The van der Waals surface area contributed by atoms with Crippen molar-refractivity contribution in [3.05, 3.63) is 46.9 Å². The van der Waals surface area contributed by atoms with Crippen molar-refractivity contribution in [3.8, 4) is 0 Å². The van der Waals surface area contributed by atoms with Crippen LogP contribution in [0.15, 0.2) is 41.2 Å². The van der Waals surface area contributed by atoms with E-state index in [4.69, 9.17) is 0 Å². The standard InChI is InChI=1S/C13H15N3OS/c1-16(11-5-3-2-4-6-11)8-7-14-13(17)12-9-18-10-15-12/h2-6,9-10H,7-8H2,1H3,(H,14,17). The minimum Gasteiger partial charge on any atom is -0.373 e. The number of thiazole rings is 1. The number of anilines is 1. The molecule has 18 heavy (non-hydrogen) atoms. The first kappa shape index (κ1) is 12.6. The van der Waals surface area contributed by atoms with Gasteiger partial charge in [0.05, 0.1) is 5.51 Å². The number of para-hydroxylation sites is 1. The van der Waals surface area contributed by atoms with Crippen LogP contribution in [0, 0.1) is 0 Å². The zero-order valence-electron chi connectivity index (χ0n) is 10.2. The summed E-state index contributed by atoms with van der Waals surface area (Å²) >= 11 is 1.42. The molecule has 0 spiro atoms. The molecule has 94 valence electrons. The van der Waals surface area contributed by atoms with E-state index in [0.717, 1.165) is 12.2 Å². The molecule has 2 aromatic rings. The summed E-state index contributed by atoms with van der Waals surface area (Å²) in [5, 5.41) is 4.60. The Balaban J connectivity index is 1.77. The molecule has 0 bridgehead atoms. The van der Waals surface area contributed by atoms with Crippen molar-refractivity contribution in [2.24, 2.45) is 0 Å². The lowest BCUT2D eigenvalue weighted by Gasteiger charge is -2.19. The van der Waals surface area contributed by atoms with Crippen LogP contribution in [-0.4, -0.2) is 31.0 Å². The zero-order chi connectivity index (χ0) is 12.8. The quantitative estimate of drug-likeness (QED) is 0.895. The molecule has 2 rings (SSSR count). The summed E-state index contributed by atoms with van der Waals surface area (Å²) in [5.41, 5.74) is 3.29. The Morgan fingerprint density at radius 3 is 2.83 bits per heavy atom. The van der Waals surface area contributed by atoms with Gasteiger partial charge in [-0.15, -0.1) is 11.3 Å². The number of carbonyl (C=O) groups excluding carboxylic acids is 1. The number of aromatic nitrogens is 1. The van der Waals surface area contributed by atoms with E-state index >= 15 is 0 Å². The predicted octanol–water partition coefficient (Wildman–Crippen LogP) is 2.01. The van der Waals surface area contributed by atoms with E-state index in [1.54, 1.807) is 10.9 Å². The summed E-state index contributed by atoms with van der Waals surface area (Å²) in [7, 11) is 2.00. The minimum absolute atomic E-state index is 0.113. The van der Waals surface area contributed by atoms with Gasteiger partial charge in [-0.2, -0.15) is 0 Å². The summed E-state index contributed by atoms with van der Waals surface area (Å²) in [6, 6.07) is 10.1. The number of hydrogen-bond donors (Lipinski definition) is 1. The molecular weight excluding hydrogens is 246 g/mol. The lowest BCUT2D eigenvalue weighted by Crippen LogP contribution is -2.33. The highest BCUT2D eigenvalue weighted by Crippen LogP contribution is 2.09. The van der Waals surface area contributed by atoms with Crippen LogP contribution in [0.4, 0.5) is 5.69 Å². The first-order chi connectivity index (χ1) is 8.77. The van der Waals surface area contributed by atoms with E-state index < -0.39 is 0 Å². The Morgan fingerprint density at radius 1 is 1.39 bits per heavy atom. The Hall–Kier alpha value is -1.88. The smallest absolute Gasteiger partial charge is 0.270 e. The fourth-order valence-corrected chi connectivity index (χ4v) is 2.10. The SMILES string of the molecule is CN(CCNC(=O)c1cscn1)c1ccccc1. The number of carbonyl (C=O) groups is 1. The van der Waals surface area contributed by atoms with E-state index in [2.05, 4.69) is 15.2 Å². The summed E-state index contributed by atoms with van der Waals surface area (Å²) in [6.45, 7) is 1.36. The van der Waals surface area contributed by atoms with Crippen LogP contribution < -0.4 is 10.2 Å². The van der Waals surface area contributed by atoms with Gasteiger partial charge in [0.25, 0.3) is 5.91 Å². The first-order valence-corrected chi connectivity index (χ1v) is 6.64. The molecule has 4 nitrogen and oxygen atoms in total. The highest BCUT2D eigenvalue weighted by Gasteiger charge is 2.07. The average molecular weight is 261 g/mol. The van der Waals surface area contributed by atoms with Crippen LogP contribution in [0.5, 0.6) is 0 Å². The summed E-state index contributed by atoms with van der Waals surface area (Å²) < 4.78 is 0. The molecule has 0 aliphatic carbocycles. The second kappa shape index (κ2) is 6.16. The molecule has 0 fully saturated rings. The van der Waals surface area contributed by atoms with Crippen molar-refractivity contribution in [3.63, 3.8) is 0 Å². The highest BCUT2D eigenvalue weighted by atomic mass is 32.1. The second-order valence-corrected chi connectivity index (χ2v) is 4.61. The van der Waals surface area contributed by atoms with Gasteiger partial charge in [0, 0.05) is 31.2 Å². The fraction of sp³-hybridized carbons (Fsp3) is 0.231. The topological polar surface area (TPSA) is 45.2 Å². The molecule has 1 amide bonds. The van der Waals surface area contributed by atoms with Crippen LogP contribution in [0.1, 0.15) is 10.5 Å². The van der Waals surface area contributed by atoms with Crippen molar-refractivity contribution < 1.29 is 4.79 Å². The van der Waals surface area contributed by atoms with Crippen LogP contribution in [0.2, 0.25) is 0 Å². The van der Waals surface area contributed by atoms with Crippen molar-refractivity contribution in [2.75, 3.05) is 25.0 Å². The predicted molar refractivity (Wildman–Crippen MR) is 74.2 cm³/mol. The Morgan fingerprint density at radius 2 is 2.17 bits per heavy atom. The number of amides is 1. The zero-order valence-corrected chi connectivity index (χ0v) is 11.0. The van der Waals surface area contributed by atoms with Crippen LogP contribution in [-0.2, 0) is 0 Å². The number of nitrogens with one attached hydrogen (secondary N) is 1. The lowest BCUT2D eigenvalue weighted by atomic mass is 10.3. The maximum Gasteiger partial charge on any atom is 0.270 e. The van der Waals surface area contributed by atoms with Gasteiger partial charge in [0.2, 0.25) is 0 Å². The molecule has 0 saturated heterocycles. The van der Waals surface area contributed by atoms with Gasteiger partial charge >= 0.3 is 0 Å². The van der Waals surface area contributed by atoms with Gasteiger partial charge in [0.1, 0.15) is 5.69 Å². The minimum atomic E-state index is -0.113. The molecule has 0 aliphatic heterocycles. The fourth-order valence-electron chi connectivity index (χ4n) is 1.56. The van der Waals surface area contributed by atoms with E-state index in [1.165, 1.54) is 11.3 Å². The third-order valence-corrected chi connectivity index (χ3v) is 3.18. The normalized spacial score (nSPS) is 10.1. The van der Waals surface area contributed by atoms with Crippen LogP contribution >= 0.6 is 11.3 Å². The maximum atomic E-state index is 11.6. The first-order valence-electron chi connectivity index (χ1n) is 5.70. The summed E-state index contributed by atoms with van der Waals surface area (Å²) in [4.78, 5) is 17.7. The Labute approximate surface area is 110 Å². The third kappa shape index (κ3) is 3.30. The lowest BCUT2D eigenvalue weighted by molar-refractivity contribution is 0.0950. The number of hydrogen-bond acceptors (Lipinski definition) is 4. The van der Waals surface area contributed by atoms with Crippen molar-refractivity contribution >= 4 is 22.9 Å². The van der Waals surface area contributed by atoms with E-state index in [-0.39, 0.29) is 5.91 Å². The average Bonchev–Trinajstić information content (AvgIpc) is 2.93. The molecular formula is C13H15N3OS. The largest absolute Gasteiger partial charge is 0.373 e. The molecule has 0 radical (unpaired) electrons. The van der Waals surface area contributed by atoms with Gasteiger partial charge in [-0.05, 0) is 12.1 Å². The number of nitrogens with zero attached hydrogens (tertiary/aromatic N) is 2. The third-order valence-electron chi connectivity index (χ3n) is 2.59. The molecule has 0 atom stereocenters. The van der Waals surface area contributed by atoms with Crippen molar-refractivity contribution in [1.29, 1.82) is 0 Å². The van der Waals surface area contributed by atoms with Crippen LogP contribution in [0.3, 0.4) is 0 Å². The molecule has 1 heterocycles. The molecule has 1 aromatic heterocycles. The van der Waals surface area contributed by atoms with Gasteiger partial charge in [-0.25, -0.2) is 4.98 Å². The van der Waals surface area contributed by atoms with Gasteiger partial charge in [-0.1, -0.05) is 18.2 Å². The van der Waals surface area contributed by atoms with E-state index in [0.29, 0.717) is 12.2 Å².